The van der Waals surface area contributed by atoms with E-state index >= 15 is 0 Å². The highest BCUT2D eigenvalue weighted by Gasteiger charge is 2.29. The molecule has 0 saturated heterocycles. The van der Waals surface area contributed by atoms with E-state index in [2.05, 4.69) is 45.0 Å². The number of ether oxygens (including phenoxy) is 2. The van der Waals surface area contributed by atoms with Crippen molar-refractivity contribution in [3.8, 4) is 0 Å². The third kappa shape index (κ3) is 11.4. The van der Waals surface area contributed by atoms with E-state index in [9.17, 15) is 9.59 Å². The molecule has 2 heterocycles. The van der Waals surface area contributed by atoms with E-state index in [1.54, 1.807) is 8.61 Å². The van der Waals surface area contributed by atoms with Gasteiger partial charge in [-0.05, 0) is 63.8 Å². The first-order chi connectivity index (χ1) is 20.8. The fourth-order valence-electron chi connectivity index (χ4n) is 4.34. The molecule has 10 heteroatoms. The normalized spacial score (nSPS) is 17.5. The molecule has 236 valence electrons. The van der Waals surface area contributed by atoms with Crippen molar-refractivity contribution in [2.75, 3.05) is 26.2 Å². The van der Waals surface area contributed by atoms with Crippen molar-refractivity contribution < 1.29 is 19.1 Å². The number of amides is 2. The minimum absolute atomic E-state index is 0.375. The predicted molar refractivity (Wildman–Crippen MR) is 180 cm³/mol. The molecule has 0 aliphatic carbocycles. The van der Waals surface area contributed by atoms with Gasteiger partial charge in [0.15, 0.2) is 0 Å². The van der Waals surface area contributed by atoms with Crippen LogP contribution in [0.5, 0.6) is 0 Å². The average Bonchev–Trinajstić information content (AvgIpc) is 3.28. The van der Waals surface area contributed by atoms with Gasteiger partial charge in [0.25, 0.3) is 0 Å². The molecule has 0 bridgehead atoms. The maximum absolute atomic E-state index is 13.2. The second kappa shape index (κ2) is 15.2. The molecule has 0 saturated carbocycles. The number of hydrogen-bond acceptors (Lipinski definition) is 8. The Morgan fingerprint density at radius 2 is 1.02 bits per heavy atom. The topological polar surface area (TPSA) is 65.6 Å². The molecule has 0 N–H and O–H groups in total. The van der Waals surface area contributed by atoms with Gasteiger partial charge in [-0.1, -0.05) is 85.0 Å². The molecular formula is C34H44N4O4S2. The molecule has 2 amide bonds. The van der Waals surface area contributed by atoms with Crippen LogP contribution in [0.1, 0.15) is 52.7 Å². The minimum atomic E-state index is -0.604. The highest BCUT2D eigenvalue weighted by Crippen LogP contribution is 2.29. The smallest absolute Gasteiger partial charge is 0.421 e. The fraction of sp³-hybridized carbons (Fsp3) is 0.412. The summed E-state index contributed by atoms with van der Waals surface area (Å²) in [7, 11) is 0. The molecule has 0 atom stereocenters. The van der Waals surface area contributed by atoms with E-state index < -0.39 is 11.2 Å². The predicted octanol–water partition coefficient (Wildman–Crippen LogP) is 8.03. The quantitative estimate of drug-likeness (QED) is 0.296. The number of hydrogen-bond donors (Lipinski definition) is 0. The first-order valence-corrected chi connectivity index (χ1v) is 16.3. The highest BCUT2D eigenvalue weighted by molar-refractivity contribution is 7.95. The number of rotatable bonds is 6. The van der Waals surface area contributed by atoms with Gasteiger partial charge in [-0.2, -0.15) is 0 Å². The lowest BCUT2D eigenvalue weighted by molar-refractivity contribution is 0.0400. The van der Waals surface area contributed by atoms with Crippen molar-refractivity contribution in [2.45, 2.75) is 65.8 Å². The van der Waals surface area contributed by atoms with Crippen LogP contribution >= 0.6 is 24.3 Å². The summed E-state index contributed by atoms with van der Waals surface area (Å²) >= 11 is 2.77. The maximum Gasteiger partial charge on any atom is 0.421 e. The van der Waals surface area contributed by atoms with Crippen LogP contribution in [0.4, 0.5) is 9.59 Å². The van der Waals surface area contributed by atoms with E-state index in [-0.39, 0.29) is 12.2 Å². The molecule has 0 radical (unpaired) electrons. The molecule has 2 aliphatic rings. The van der Waals surface area contributed by atoms with Crippen LogP contribution in [0.2, 0.25) is 0 Å². The zero-order valence-electron chi connectivity index (χ0n) is 26.6. The van der Waals surface area contributed by atoms with Crippen LogP contribution < -0.4 is 0 Å². The third-order valence-electron chi connectivity index (χ3n) is 6.30. The molecule has 2 aliphatic heterocycles. The molecular weight excluding hydrogens is 593 g/mol. The molecule has 44 heavy (non-hydrogen) atoms. The SMILES string of the molecule is CC(C)(C)OC(=O)N1CC(/C=C/C2=CCN(Cc3ccccc3)SN(C(=O)OC(C)(C)C)C2)=CCN(Cc2ccccc2)S1. The lowest BCUT2D eigenvalue weighted by Crippen LogP contribution is -2.35. The summed E-state index contributed by atoms with van der Waals surface area (Å²) in [5, 5.41) is 0. The van der Waals surface area contributed by atoms with Crippen molar-refractivity contribution in [1.29, 1.82) is 0 Å². The summed E-state index contributed by atoms with van der Waals surface area (Å²) in [6, 6.07) is 20.4. The Hall–Kier alpha value is -3.18. The van der Waals surface area contributed by atoms with Crippen molar-refractivity contribution >= 4 is 36.5 Å². The van der Waals surface area contributed by atoms with Crippen LogP contribution in [0.3, 0.4) is 0 Å². The lowest BCUT2D eigenvalue weighted by Gasteiger charge is -2.29. The van der Waals surface area contributed by atoms with Gasteiger partial charge in [-0.15, -0.1) is 0 Å². The Morgan fingerprint density at radius 3 is 1.36 bits per heavy atom. The van der Waals surface area contributed by atoms with Crippen LogP contribution in [-0.4, -0.2) is 66.8 Å². The van der Waals surface area contributed by atoms with Gasteiger partial charge in [-0.25, -0.2) is 26.8 Å². The molecule has 2 aromatic rings. The molecule has 8 nitrogen and oxygen atoms in total. The molecule has 0 unspecified atom stereocenters. The maximum atomic E-state index is 13.2. The van der Waals surface area contributed by atoms with E-state index in [1.165, 1.54) is 35.4 Å². The fourth-order valence-corrected chi connectivity index (χ4v) is 6.22. The minimum Gasteiger partial charge on any atom is -0.443 e. The van der Waals surface area contributed by atoms with E-state index in [0.29, 0.717) is 39.3 Å². The first kappa shape index (κ1) is 33.7. The van der Waals surface area contributed by atoms with Gasteiger partial charge >= 0.3 is 12.2 Å². The van der Waals surface area contributed by atoms with Crippen molar-refractivity contribution in [3.05, 3.63) is 107 Å². The van der Waals surface area contributed by atoms with E-state index in [0.717, 1.165) is 11.1 Å². The molecule has 0 aromatic heterocycles. The molecule has 0 spiro atoms. The first-order valence-electron chi connectivity index (χ1n) is 14.8. The summed E-state index contributed by atoms with van der Waals surface area (Å²) in [4.78, 5) is 26.4. The van der Waals surface area contributed by atoms with Crippen LogP contribution in [-0.2, 0) is 22.6 Å². The molecule has 2 aromatic carbocycles. The van der Waals surface area contributed by atoms with Crippen LogP contribution in [0.15, 0.2) is 96.1 Å². The molecule has 0 fully saturated rings. The number of carbonyl (C=O) groups is 2. The van der Waals surface area contributed by atoms with Gasteiger partial charge in [0.2, 0.25) is 0 Å². The Kier molecular flexibility index (Phi) is 11.6. The zero-order chi connectivity index (χ0) is 31.7. The van der Waals surface area contributed by atoms with Crippen LogP contribution in [0, 0.1) is 0 Å². The third-order valence-corrected chi connectivity index (χ3v) is 8.27. The molecule has 4 rings (SSSR count). The van der Waals surface area contributed by atoms with Gasteiger partial charge in [0.05, 0.1) is 13.1 Å². The summed E-state index contributed by atoms with van der Waals surface area (Å²) in [6.45, 7) is 14.7. The van der Waals surface area contributed by atoms with Crippen molar-refractivity contribution in [1.82, 2.24) is 17.2 Å². The Labute approximate surface area is 271 Å². The summed E-state index contributed by atoms with van der Waals surface area (Å²) in [5.41, 5.74) is 3.10. The number of carbonyl (C=O) groups excluding carboxylic acids is 2. The summed E-state index contributed by atoms with van der Waals surface area (Å²) in [6.07, 6.45) is 7.63. The Morgan fingerprint density at radius 1 is 0.659 bits per heavy atom. The summed E-state index contributed by atoms with van der Waals surface area (Å²) < 4.78 is 19.1. The van der Waals surface area contributed by atoms with Crippen molar-refractivity contribution in [2.24, 2.45) is 0 Å². The van der Waals surface area contributed by atoms with E-state index in [4.69, 9.17) is 9.47 Å². The standard InChI is InChI=1S/C34H44N4O4S2/c1-33(2,3)41-31(39)37-25-29(19-21-35(43-37)23-27-13-9-7-10-14-27)17-18-30-20-22-36(24-28-15-11-8-12-16-28)44-38(26-30)32(40)42-34(4,5)6/h7-20H,21-26H2,1-6H3/b18-17+. The highest BCUT2D eigenvalue weighted by atomic mass is 32.2. The largest absolute Gasteiger partial charge is 0.443 e. The second-order valence-corrected chi connectivity index (χ2v) is 14.9. The lowest BCUT2D eigenvalue weighted by atomic mass is 10.1. The van der Waals surface area contributed by atoms with Gasteiger partial charge in [0, 0.05) is 50.4 Å². The van der Waals surface area contributed by atoms with E-state index in [1.807, 2.05) is 90.1 Å². The monoisotopic (exact) mass is 636 g/mol. The van der Waals surface area contributed by atoms with Crippen LogP contribution in [0.25, 0.3) is 0 Å². The van der Waals surface area contributed by atoms with Gasteiger partial charge in [-0.3, -0.25) is 0 Å². The second-order valence-electron chi connectivity index (χ2n) is 12.7. The van der Waals surface area contributed by atoms with Crippen molar-refractivity contribution in [3.63, 3.8) is 0 Å². The number of benzene rings is 2. The zero-order valence-corrected chi connectivity index (χ0v) is 28.2. The van der Waals surface area contributed by atoms with Gasteiger partial charge < -0.3 is 9.47 Å². The van der Waals surface area contributed by atoms with Gasteiger partial charge in [0.1, 0.15) is 11.2 Å². The number of nitrogens with zero attached hydrogens (tertiary/aromatic N) is 4. The Balaban J connectivity index is 1.54. The summed E-state index contributed by atoms with van der Waals surface area (Å²) in [5.74, 6) is 0. The Bertz CT molecular complexity index is 1250. The average molecular weight is 637 g/mol.